The summed E-state index contributed by atoms with van der Waals surface area (Å²) in [6, 6.07) is 18.3. The summed E-state index contributed by atoms with van der Waals surface area (Å²) in [5.74, 6) is 0.595. The fourth-order valence-electron chi connectivity index (χ4n) is 5.34. The fraction of sp³-hybridized carbons (Fsp3) is 0.379. The number of hydrogen-bond acceptors (Lipinski definition) is 5. The molecule has 0 aliphatic carbocycles. The van der Waals surface area contributed by atoms with Gasteiger partial charge in [0.1, 0.15) is 5.69 Å². The van der Waals surface area contributed by atoms with E-state index in [0.29, 0.717) is 37.5 Å². The lowest BCUT2D eigenvalue weighted by atomic mass is 9.96. The van der Waals surface area contributed by atoms with Crippen LogP contribution in [0.3, 0.4) is 0 Å². The highest BCUT2D eigenvalue weighted by Crippen LogP contribution is 2.32. The van der Waals surface area contributed by atoms with Gasteiger partial charge in [0.15, 0.2) is 10.7 Å². The largest absolute Gasteiger partial charge is 0.355 e. The summed E-state index contributed by atoms with van der Waals surface area (Å²) in [5.41, 5.74) is 3.71. The van der Waals surface area contributed by atoms with Gasteiger partial charge < -0.3 is 9.42 Å². The molecule has 7 nitrogen and oxygen atoms in total. The molecular weight excluding hydrogens is 486 g/mol. The molecule has 0 radical (unpaired) electrons. The molecule has 37 heavy (non-hydrogen) atoms. The van der Waals surface area contributed by atoms with Gasteiger partial charge in [0.25, 0.3) is 0 Å². The molecule has 3 aromatic rings. The summed E-state index contributed by atoms with van der Waals surface area (Å²) in [7, 11) is -3.80. The van der Waals surface area contributed by atoms with E-state index >= 15 is 0 Å². The maximum atomic E-state index is 13.6. The number of amides is 1. The van der Waals surface area contributed by atoms with Crippen LogP contribution in [0.4, 0.5) is 0 Å². The molecule has 2 saturated heterocycles. The van der Waals surface area contributed by atoms with Crippen molar-refractivity contribution >= 4 is 28.1 Å². The molecule has 3 heterocycles. The zero-order valence-electron chi connectivity index (χ0n) is 21.3. The Labute approximate surface area is 218 Å². The van der Waals surface area contributed by atoms with E-state index in [1.807, 2.05) is 60.4 Å². The highest BCUT2D eigenvalue weighted by Gasteiger charge is 2.38. The third-order valence-corrected chi connectivity index (χ3v) is 9.57. The van der Waals surface area contributed by atoms with Crippen molar-refractivity contribution in [1.29, 1.82) is 0 Å². The molecule has 0 saturated carbocycles. The van der Waals surface area contributed by atoms with E-state index in [2.05, 4.69) is 17.3 Å². The van der Waals surface area contributed by atoms with Crippen LogP contribution < -0.4 is 0 Å². The van der Waals surface area contributed by atoms with E-state index < -0.39 is 10.0 Å². The van der Waals surface area contributed by atoms with Gasteiger partial charge in [-0.05, 0) is 50.3 Å². The predicted octanol–water partition coefficient (Wildman–Crippen LogP) is 4.88. The molecule has 0 bridgehead atoms. The minimum Gasteiger partial charge on any atom is -0.355 e. The summed E-state index contributed by atoms with van der Waals surface area (Å²) in [6.07, 6.45) is 5.48. The molecule has 1 aromatic heterocycles. The van der Waals surface area contributed by atoms with Crippen molar-refractivity contribution in [2.45, 2.75) is 43.9 Å². The molecule has 2 aliphatic heterocycles. The van der Waals surface area contributed by atoms with E-state index in [0.717, 1.165) is 30.6 Å². The van der Waals surface area contributed by atoms with E-state index in [1.54, 1.807) is 13.0 Å². The lowest BCUT2D eigenvalue weighted by Crippen LogP contribution is -2.44. The normalized spacial score (nSPS) is 19.6. The van der Waals surface area contributed by atoms with E-state index in [4.69, 9.17) is 4.52 Å². The number of aryl methyl sites for hydroxylation is 2. The second-order valence-electron chi connectivity index (χ2n) is 10.1. The van der Waals surface area contributed by atoms with Crippen molar-refractivity contribution in [2.75, 3.05) is 26.2 Å². The number of carbonyl (C=O) groups is 1. The molecule has 5 rings (SSSR count). The van der Waals surface area contributed by atoms with Crippen LogP contribution in [0.15, 0.2) is 64.0 Å². The lowest BCUT2D eigenvalue weighted by molar-refractivity contribution is -0.135. The third-order valence-electron chi connectivity index (χ3n) is 7.51. The number of rotatable bonds is 6. The monoisotopic (exact) mass is 519 g/mol. The van der Waals surface area contributed by atoms with Crippen LogP contribution in [0.1, 0.15) is 53.3 Å². The van der Waals surface area contributed by atoms with Crippen molar-refractivity contribution < 1.29 is 17.7 Å². The molecule has 1 amide bonds. The molecule has 1 unspecified atom stereocenters. The first-order valence-electron chi connectivity index (χ1n) is 12.9. The maximum absolute atomic E-state index is 13.6. The molecule has 0 spiro atoms. The Balaban J connectivity index is 1.23. The summed E-state index contributed by atoms with van der Waals surface area (Å²) in [4.78, 5) is 15.3. The van der Waals surface area contributed by atoms with Crippen LogP contribution >= 0.6 is 0 Å². The number of likely N-dealkylation sites (tertiary alicyclic amines) is 1. The lowest BCUT2D eigenvalue weighted by Gasteiger charge is -2.32. The first-order valence-corrected chi connectivity index (χ1v) is 14.3. The average Bonchev–Trinajstić information content (AvgIpc) is 3.56. The van der Waals surface area contributed by atoms with Gasteiger partial charge in [-0.25, -0.2) is 8.42 Å². The van der Waals surface area contributed by atoms with Gasteiger partial charge in [0.05, 0.1) is 0 Å². The number of hydrogen-bond donors (Lipinski definition) is 0. The van der Waals surface area contributed by atoms with Crippen molar-refractivity contribution in [3.05, 3.63) is 82.7 Å². The predicted molar refractivity (Wildman–Crippen MR) is 143 cm³/mol. The second kappa shape index (κ2) is 10.6. The first kappa shape index (κ1) is 25.4. The number of benzene rings is 2. The minimum absolute atomic E-state index is 0.103. The Bertz CT molecular complexity index is 1370. The Morgan fingerprint density at radius 2 is 1.65 bits per heavy atom. The summed E-state index contributed by atoms with van der Waals surface area (Å²) < 4.78 is 34.0. The SMILES string of the molecule is Cc1ccc(/C=C/c2onc(C)c2S(=O)(=O)N2CCC(C(=O)N3CCC(c4ccccc4)C3)CC2)cc1. The minimum atomic E-state index is -3.80. The van der Waals surface area contributed by atoms with Gasteiger partial charge in [-0.15, -0.1) is 0 Å². The fourth-order valence-corrected chi connectivity index (χ4v) is 7.06. The number of piperidine rings is 1. The summed E-state index contributed by atoms with van der Waals surface area (Å²) in [5, 5.41) is 3.94. The number of aromatic nitrogens is 1. The highest BCUT2D eigenvalue weighted by atomic mass is 32.2. The Morgan fingerprint density at radius 1 is 0.946 bits per heavy atom. The molecule has 8 heteroatoms. The van der Waals surface area contributed by atoms with E-state index in [-0.39, 0.29) is 22.5 Å². The Hall–Kier alpha value is -3.23. The van der Waals surface area contributed by atoms with Crippen molar-refractivity contribution in [1.82, 2.24) is 14.4 Å². The number of sulfonamides is 1. The Kier molecular flexibility index (Phi) is 7.31. The van der Waals surface area contributed by atoms with Gasteiger partial charge in [-0.2, -0.15) is 4.31 Å². The van der Waals surface area contributed by atoms with Gasteiger partial charge in [-0.1, -0.05) is 71.4 Å². The van der Waals surface area contributed by atoms with Crippen LogP contribution in [0.25, 0.3) is 12.2 Å². The smallest absolute Gasteiger partial charge is 0.248 e. The third kappa shape index (κ3) is 5.40. The van der Waals surface area contributed by atoms with Crippen molar-refractivity contribution in [2.24, 2.45) is 5.92 Å². The van der Waals surface area contributed by atoms with Crippen LogP contribution in [0, 0.1) is 19.8 Å². The molecule has 0 N–H and O–H groups in total. The maximum Gasteiger partial charge on any atom is 0.248 e. The van der Waals surface area contributed by atoms with Crippen molar-refractivity contribution in [3.63, 3.8) is 0 Å². The number of nitrogens with zero attached hydrogens (tertiary/aromatic N) is 3. The topological polar surface area (TPSA) is 83.7 Å². The van der Waals surface area contributed by atoms with Crippen LogP contribution in [-0.4, -0.2) is 54.9 Å². The quantitative estimate of drug-likeness (QED) is 0.464. The molecule has 194 valence electrons. The van der Waals surface area contributed by atoms with Crippen LogP contribution in [0.5, 0.6) is 0 Å². The Morgan fingerprint density at radius 3 is 2.35 bits per heavy atom. The first-order chi connectivity index (χ1) is 17.8. The standard InChI is InChI=1S/C29H33N3O4S/c1-21-8-10-23(11-9-21)12-13-27-28(22(2)30-36-27)37(34,35)32-18-15-25(16-19-32)29(33)31-17-14-26(20-31)24-6-4-3-5-7-24/h3-13,25-26H,14-20H2,1-2H3/b13-12+. The van der Waals surface area contributed by atoms with Crippen LogP contribution in [0.2, 0.25) is 0 Å². The molecule has 1 atom stereocenters. The zero-order chi connectivity index (χ0) is 26.0. The van der Waals surface area contributed by atoms with Gasteiger partial charge in [0, 0.05) is 38.0 Å². The average molecular weight is 520 g/mol. The highest BCUT2D eigenvalue weighted by molar-refractivity contribution is 7.89. The van der Waals surface area contributed by atoms with Crippen molar-refractivity contribution in [3.8, 4) is 0 Å². The van der Waals surface area contributed by atoms with Gasteiger partial charge >= 0.3 is 0 Å². The van der Waals surface area contributed by atoms with Crippen LogP contribution in [-0.2, 0) is 14.8 Å². The van der Waals surface area contributed by atoms with E-state index in [1.165, 1.54) is 9.87 Å². The number of carbonyl (C=O) groups excluding carboxylic acids is 1. The second-order valence-corrected chi connectivity index (χ2v) is 11.9. The summed E-state index contributed by atoms with van der Waals surface area (Å²) in [6.45, 7) is 5.76. The molecule has 2 aromatic carbocycles. The molecule has 2 aliphatic rings. The molecular formula is C29H33N3O4S. The van der Waals surface area contributed by atoms with Gasteiger partial charge in [0.2, 0.25) is 15.9 Å². The van der Waals surface area contributed by atoms with E-state index in [9.17, 15) is 13.2 Å². The summed E-state index contributed by atoms with van der Waals surface area (Å²) >= 11 is 0. The molecule has 2 fully saturated rings. The zero-order valence-corrected chi connectivity index (χ0v) is 22.2. The van der Waals surface area contributed by atoms with Gasteiger partial charge in [-0.3, -0.25) is 4.79 Å².